The molecule has 102 valence electrons. The average molecular weight is 277 g/mol. The number of halogens is 2. The van der Waals surface area contributed by atoms with Crippen LogP contribution in [0.4, 0.5) is 0 Å². The summed E-state index contributed by atoms with van der Waals surface area (Å²) in [6, 6.07) is 0. The fraction of sp³-hybridized carbons (Fsp3) is 0.909. The Morgan fingerprint density at radius 2 is 1.19 bits per heavy atom. The van der Waals surface area contributed by atoms with Gasteiger partial charge < -0.3 is 10.2 Å². The van der Waals surface area contributed by atoms with Gasteiger partial charge in [0.25, 0.3) is 5.97 Å². The Hall–Kier alpha value is 0.01000. The van der Waals surface area contributed by atoms with Crippen LogP contribution in [-0.2, 0) is 4.79 Å². The molecule has 0 fully saturated rings. The summed E-state index contributed by atoms with van der Waals surface area (Å²) in [7, 11) is 0. The minimum atomic E-state index is -0.833. The lowest BCUT2D eigenvalue weighted by Crippen LogP contribution is -1.78. The van der Waals surface area contributed by atoms with Gasteiger partial charge in [0.2, 0.25) is 0 Å². The Balaban J connectivity index is -0.0000000635. The zero-order valence-electron chi connectivity index (χ0n) is 10.8. The fourth-order valence-electron chi connectivity index (χ4n) is 0.500. The summed E-state index contributed by atoms with van der Waals surface area (Å²) < 4.78 is 0. The third kappa shape index (κ3) is 262. The molecule has 0 aromatic rings. The van der Waals surface area contributed by atoms with Crippen molar-refractivity contribution in [3.05, 3.63) is 0 Å². The van der Waals surface area contributed by atoms with Gasteiger partial charge in [-0.25, -0.2) is 0 Å². The van der Waals surface area contributed by atoms with Crippen molar-refractivity contribution in [1.29, 1.82) is 0 Å². The van der Waals surface area contributed by atoms with E-state index in [1.165, 1.54) is 25.7 Å². The maximum Gasteiger partial charge on any atom is 0.300 e. The molecule has 0 amide bonds. The summed E-state index contributed by atoms with van der Waals surface area (Å²) in [5.74, 6) is -0.833. The van der Waals surface area contributed by atoms with Crippen LogP contribution in [0, 0.1) is 0 Å². The zero-order chi connectivity index (χ0) is 13.8. The molecule has 0 heterocycles. The van der Waals surface area contributed by atoms with Crippen LogP contribution in [0.1, 0.15) is 53.4 Å². The molecule has 16 heavy (non-hydrogen) atoms. The van der Waals surface area contributed by atoms with Gasteiger partial charge in [0.1, 0.15) is 0 Å². The normalized spacial score (nSPS) is 7.19. The maximum atomic E-state index is 9.00. The SMILES string of the molecule is CC(=O)O.CCCCCC.CCO.ClCCl. The van der Waals surface area contributed by atoms with E-state index in [2.05, 4.69) is 13.8 Å². The predicted octanol–water partition coefficient (Wildman–Crippen LogP) is 4.10. The molecule has 0 aromatic heterocycles. The molecule has 0 atom stereocenters. The highest BCUT2D eigenvalue weighted by atomic mass is 35.5. The first kappa shape index (κ1) is 25.0. The molecule has 0 saturated heterocycles. The Bertz CT molecular complexity index is 91.2. The van der Waals surface area contributed by atoms with Crippen molar-refractivity contribution in [2.75, 3.05) is 11.9 Å². The van der Waals surface area contributed by atoms with Crippen molar-refractivity contribution < 1.29 is 15.0 Å². The van der Waals surface area contributed by atoms with Gasteiger partial charge >= 0.3 is 0 Å². The molecule has 5 heteroatoms. The standard InChI is InChI=1S/C6H14.C2H4O2.C2H6O.CH2Cl2/c1-3-5-6-4-2;1-2(3)4;1-2-3;2-1-3/h3-6H2,1-2H3;1H3,(H,3,4);3H,2H2,1H3;1H2. The van der Waals surface area contributed by atoms with E-state index >= 15 is 0 Å². The Labute approximate surface area is 110 Å². The largest absolute Gasteiger partial charge is 0.481 e. The molecule has 0 saturated carbocycles. The third-order valence-corrected chi connectivity index (χ3v) is 0.957. The quantitative estimate of drug-likeness (QED) is 0.603. The van der Waals surface area contributed by atoms with Gasteiger partial charge in [-0.2, -0.15) is 0 Å². The lowest BCUT2D eigenvalue weighted by Gasteiger charge is -1.86. The molecule has 0 radical (unpaired) electrons. The molecule has 2 N–H and O–H groups in total. The third-order valence-electron chi connectivity index (χ3n) is 0.957. The highest BCUT2D eigenvalue weighted by Gasteiger charge is 1.75. The Morgan fingerprint density at radius 1 is 1.06 bits per heavy atom. The summed E-state index contributed by atoms with van der Waals surface area (Å²) in [4.78, 5) is 9.00. The van der Waals surface area contributed by atoms with Crippen molar-refractivity contribution in [2.45, 2.75) is 53.4 Å². The smallest absolute Gasteiger partial charge is 0.300 e. The second kappa shape index (κ2) is 36.3. The number of hydrogen-bond acceptors (Lipinski definition) is 2. The van der Waals surface area contributed by atoms with Gasteiger partial charge in [0.05, 0.1) is 5.34 Å². The first-order chi connectivity index (χ1) is 7.47. The average Bonchev–Trinajstić information content (AvgIpc) is 2.16. The number of hydrogen-bond donors (Lipinski definition) is 2. The van der Waals surface area contributed by atoms with Crippen molar-refractivity contribution in [2.24, 2.45) is 0 Å². The molecule has 0 unspecified atom stereocenters. The maximum absolute atomic E-state index is 9.00. The monoisotopic (exact) mass is 276 g/mol. The number of carboxylic acid groups (broad SMARTS) is 1. The minimum Gasteiger partial charge on any atom is -0.481 e. The van der Waals surface area contributed by atoms with Gasteiger partial charge in [-0.1, -0.05) is 39.5 Å². The van der Waals surface area contributed by atoms with Crippen LogP contribution in [-0.4, -0.2) is 28.1 Å². The molecule has 0 aliphatic heterocycles. The van der Waals surface area contributed by atoms with Crippen molar-refractivity contribution in [3.63, 3.8) is 0 Å². The minimum absolute atomic E-state index is 0.194. The van der Waals surface area contributed by atoms with E-state index in [4.69, 9.17) is 38.2 Å². The van der Waals surface area contributed by atoms with Crippen LogP contribution in [0.25, 0.3) is 0 Å². The molecule has 0 aliphatic rings. The topological polar surface area (TPSA) is 57.5 Å². The molecule has 3 nitrogen and oxygen atoms in total. The zero-order valence-corrected chi connectivity index (χ0v) is 12.3. The van der Waals surface area contributed by atoms with E-state index in [0.717, 1.165) is 6.92 Å². The summed E-state index contributed by atoms with van der Waals surface area (Å²) in [5, 5.41) is 15.2. The van der Waals surface area contributed by atoms with E-state index in [9.17, 15) is 0 Å². The van der Waals surface area contributed by atoms with Crippen LogP contribution in [0.2, 0.25) is 0 Å². The Morgan fingerprint density at radius 3 is 1.25 bits per heavy atom. The summed E-state index contributed by atoms with van der Waals surface area (Å²) in [6.45, 7) is 7.48. The van der Waals surface area contributed by atoms with Crippen LogP contribution >= 0.6 is 23.2 Å². The van der Waals surface area contributed by atoms with Crippen LogP contribution in [0.3, 0.4) is 0 Å². The molecule has 0 rings (SSSR count). The van der Waals surface area contributed by atoms with Crippen molar-refractivity contribution >= 4 is 29.2 Å². The summed E-state index contributed by atoms with van der Waals surface area (Å²) >= 11 is 9.53. The van der Waals surface area contributed by atoms with Gasteiger partial charge in [0.15, 0.2) is 0 Å². The number of aliphatic carboxylic acids is 1. The number of rotatable bonds is 3. The first-order valence-corrected chi connectivity index (χ1v) is 6.47. The number of unbranched alkanes of at least 4 members (excludes halogenated alkanes) is 3. The second-order valence-corrected chi connectivity index (χ2v) is 3.45. The van der Waals surface area contributed by atoms with Crippen molar-refractivity contribution in [3.8, 4) is 0 Å². The number of aliphatic hydroxyl groups is 1. The molecular weight excluding hydrogens is 251 g/mol. The lowest BCUT2D eigenvalue weighted by molar-refractivity contribution is -0.134. The van der Waals surface area contributed by atoms with Crippen LogP contribution in [0.15, 0.2) is 0 Å². The van der Waals surface area contributed by atoms with Crippen LogP contribution < -0.4 is 0 Å². The van der Waals surface area contributed by atoms with E-state index < -0.39 is 5.97 Å². The highest BCUT2D eigenvalue weighted by molar-refractivity contribution is 6.40. The highest BCUT2D eigenvalue weighted by Crippen LogP contribution is 1.95. The summed E-state index contributed by atoms with van der Waals surface area (Å²) in [5.41, 5.74) is 0. The lowest BCUT2D eigenvalue weighted by atomic mass is 10.2. The van der Waals surface area contributed by atoms with E-state index in [1.54, 1.807) is 6.92 Å². The van der Waals surface area contributed by atoms with E-state index in [1.807, 2.05) is 0 Å². The Kier molecular flexibility index (Phi) is 56.7. The number of carboxylic acids is 1. The molecule has 0 spiro atoms. The summed E-state index contributed by atoms with van der Waals surface area (Å²) in [6.07, 6.45) is 5.54. The van der Waals surface area contributed by atoms with Gasteiger partial charge in [-0.15, -0.1) is 23.2 Å². The van der Waals surface area contributed by atoms with Gasteiger partial charge in [-0.3, -0.25) is 4.79 Å². The van der Waals surface area contributed by atoms with Gasteiger partial charge in [0, 0.05) is 13.5 Å². The van der Waals surface area contributed by atoms with E-state index in [0.29, 0.717) is 0 Å². The molecule has 0 aliphatic carbocycles. The number of aliphatic hydroxyl groups excluding tert-OH is 1. The molecular formula is C11H26Cl2O3. The van der Waals surface area contributed by atoms with E-state index in [-0.39, 0.29) is 11.9 Å². The fourth-order valence-corrected chi connectivity index (χ4v) is 0.500. The first-order valence-electron chi connectivity index (χ1n) is 5.40. The molecule has 0 bridgehead atoms. The second-order valence-electron chi connectivity index (χ2n) is 2.64. The predicted molar refractivity (Wildman–Crippen MR) is 72.5 cm³/mol. The number of alkyl halides is 2. The van der Waals surface area contributed by atoms with Gasteiger partial charge in [-0.05, 0) is 6.92 Å². The number of carbonyl (C=O) groups is 1. The van der Waals surface area contributed by atoms with Crippen molar-refractivity contribution in [1.82, 2.24) is 0 Å². The molecule has 0 aromatic carbocycles. The van der Waals surface area contributed by atoms with Crippen LogP contribution in [0.5, 0.6) is 0 Å².